The fourth-order valence-corrected chi connectivity index (χ4v) is 2.43. The molecule has 0 aliphatic carbocycles. The van der Waals surface area contributed by atoms with Crippen LogP contribution >= 0.6 is 11.6 Å². The van der Waals surface area contributed by atoms with Gasteiger partial charge in [-0.2, -0.15) is 0 Å². The van der Waals surface area contributed by atoms with Crippen LogP contribution in [0.25, 0.3) is 0 Å². The number of carbonyl (C=O) groups excluding carboxylic acids is 1. The smallest absolute Gasteiger partial charge is 0.255 e. The highest BCUT2D eigenvalue weighted by Gasteiger charge is 2.10. The van der Waals surface area contributed by atoms with Gasteiger partial charge in [-0.1, -0.05) is 37.6 Å². The lowest BCUT2D eigenvalue weighted by atomic mass is 10.2. The molecule has 24 heavy (non-hydrogen) atoms. The normalized spacial score (nSPS) is 10.7. The SMILES string of the molecule is CCN(CC)CCOc1ccccc1NC(=O)c1ccnc(Cl)c1. The standard InChI is InChI=1S/C18H22ClN3O2/c1-3-22(4-2)11-12-24-16-8-6-5-7-15(16)21-18(23)14-9-10-20-17(19)13-14/h5-10,13H,3-4,11-12H2,1-2H3,(H,21,23). The number of ether oxygens (including phenoxy) is 1. The van der Waals surface area contributed by atoms with E-state index in [1.165, 1.54) is 12.3 Å². The van der Waals surface area contributed by atoms with E-state index in [0.717, 1.165) is 19.6 Å². The number of nitrogens with one attached hydrogen (secondary N) is 1. The molecule has 1 N–H and O–H groups in total. The van der Waals surface area contributed by atoms with Crippen molar-refractivity contribution in [3.05, 3.63) is 53.3 Å². The molecule has 2 rings (SSSR count). The number of rotatable bonds is 8. The van der Waals surface area contributed by atoms with E-state index in [1.807, 2.05) is 24.3 Å². The van der Waals surface area contributed by atoms with E-state index in [1.54, 1.807) is 6.07 Å². The summed E-state index contributed by atoms with van der Waals surface area (Å²) in [4.78, 5) is 18.5. The van der Waals surface area contributed by atoms with Crippen LogP contribution < -0.4 is 10.1 Å². The van der Waals surface area contributed by atoms with Gasteiger partial charge in [0.05, 0.1) is 5.69 Å². The van der Waals surface area contributed by atoms with Crippen molar-refractivity contribution in [1.29, 1.82) is 0 Å². The molecule has 2 aromatic rings. The van der Waals surface area contributed by atoms with Crippen molar-refractivity contribution in [2.45, 2.75) is 13.8 Å². The van der Waals surface area contributed by atoms with Crippen molar-refractivity contribution in [2.75, 3.05) is 31.6 Å². The molecule has 0 saturated carbocycles. The van der Waals surface area contributed by atoms with Crippen molar-refractivity contribution in [3.8, 4) is 5.75 Å². The number of halogens is 1. The van der Waals surface area contributed by atoms with Gasteiger partial charge < -0.3 is 15.0 Å². The zero-order valence-corrected chi connectivity index (χ0v) is 14.7. The van der Waals surface area contributed by atoms with E-state index in [0.29, 0.717) is 23.6 Å². The molecule has 0 atom stereocenters. The lowest BCUT2D eigenvalue weighted by molar-refractivity contribution is 0.102. The van der Waals surface area contributed by atoms with Crippen LogP contribution in [0.1, 0.15) is 24.2 Å². The maximum absolute atomic E-state index is 12.3. The van der Waals surface area contributed by atoms with E-state index < -0.39 is 0 Å². The van der Waals surface area contributed by atoms with Crippen molar-refractivity contribution in [1.82, 2.24) is 9.88 Å². The highest BCUT2D eigenvalue weighted by molar-refractivity contribution is 6.29. The summed E-state index contributed by atoms with van der Waals surface area (Å²) < 4.78 is 5.84. The molecule has 0 bridgehead atoms. The maximum Gasteiger partial charge on any atom is 0.255 e. The van der Waals surface area contributed by atoms with Crippen molar-refractivity contribution >= 4 is 23.2 Å². The number of hydrogen-bond acceptors (Lipinski definition) is 4. The second-order valence-corrected chi connectivity index (χ2v) is 5.58. The first kappa shape index (κ1) is 18.2. The summed E-state index contributed by atoms with van der Waals surface area (Å²) in [6.07, 6.45) is 1.50. The molecular weight excluding hydrogens is 326 g/mol. The Morgan fingerprint density at radius 1 is 1.25 bits per heavy atom. The molecular formula is C18H22ClN3O2. The summed E-state index contributed by atoms with van der Waals surface area (Å²) in [5.41, 5.74) is 1.09. The highest BCUT2D eigenvalue weighted by Crippen LogP contribution is 2.24. The number of para-hydroxylation sites is 2. The number of aromatic nitrogens is 1. The van der Waals surface area contributed by atoms with Crippen LogP contribution in [0.3, 0.4) is 0 Å². The number of nitrogens with zero attached hydrogens (tertiary/aromatic N) is 2. The molecule has 1 aromatic heterocycles. The minimum absolute atomic E-state index is 0.251. The van der Waals surface area contributed by atoms with E-state index in [4.69, 9.17) is 16.3 Å². The third-order valence-electron chi connectivity index (χ3n) is 3.68. The van der Waals surface area contributed by atoms with E-state index in [9.17, 15) is 4.79 Å². The first-order valence-electron chi connectivity index (χ1n) is 8.01. The van der Waals surface area contributed by atoms with Gasteiger partial charge in [-0.25, -0.2) is 4.98 Å². The Morgan fingerprint density at radius 2 is 2.00 bits per heavy atom. The number of carbonyl (C=O) groups is 1. The predicted octanol–water partition coefficient (Wildman–Crippen LogP) is 3.71. The van der Waals surface area contributed by atoms with Crippen molar-refractivity contribution in [3.63, 3.8) is 0 Å². The first-order chi connectivity index (χ1) is 11.6. The van der Waals surface area contributed by atoms with Crippen LogP contribution in [0.2, 0.25) is 5.15 Å². The predicted molar refractivity (Wildman–Crippen MR) is 96.9 cm³/mol. The van der Waals surface area contributed by atoms with Crippen LogP contribution in [-0.2, 0) is 0 Å². The Morgan fingerprint density at radius 3 is 2.71 bits per heavy atom. The van der Waals surface area contributed by atoms with E-state index in [-0.39, 0.29) is 11.1 Å². The number of pyridine rings is 1. The molecule has 0 aliphatic heterocycles. The van der Waals surface area contributed by atoms with Gasteiger partial charge in [-0.3, -0.25) is 4.79 Å². The zero-order chi connectivity index (χ0) is 17.4. The van der Waals surface area contributed by atoms with Crippen LogP contribution in [0.5, 0.6) is 5.75 Å². The molecule has 5 nitrogen and oxygen atoms in total. The van der Waals surface area contributed by atoms with Crippen molar-refractivity contribution < 1.29 is 9.53 Å². The van der Waals surface area contributed by atoms with Gasteiger partial charge in [-0.05, 0) is 37.4 Å². The summed E-state index contributed by atoms with van der Waals surface area (Å²) in [7, 11) is 0. The molecule has 128 valence electrons. The Kier molecular flexibility index (Phi) is 7.03. The highest BCUT2D eigenvalue weighted by atomic mass is 35.5. The second kappa shape index (κ2) is 9.25. The van der Waals surface area contributed by atoms with Crippen LogP contribution in [0, 0.1) is 0 Å². The number of hydrogen-bond donors (Lipinski definition) is 1. The third-order valence-corrected chi connectivity index (χ3v) is 3.89. The van der Waals surface area contributed by atoms with E-state index >= 15 is 0 Å². The molecule has 1 heterocycles. The average Bonchev–Trinajstić information content (AvgIpc) is 2.60. The quantitative estimate of drug-likeness (QED) is 0.740. The number of anilines is 1. The van der Waals surface area contributed by atoms with Gasteiger partial charge in [0.2, 0.25) is 0 Å². The summed E-state index contributed by atoms with van der Waals surface area (Å²) in [5, 5.41) is 3.14. The van der Waals surface area contributed by atoms with Gasteiger partial charge in [0.25, 0.3) is 5.91 Å². The third kappa shape index (κ3) is 5.22. The lowest BCUT2D eigenvalue weighted by Gasteiger charge is -2.19. The number of amides is 1. The fourth-order valence-electron chi connectivity index (χ4n) is 2.26. The molecule has 0 aliphatic rings. The molecule has 0 radical (unpaired) electrons. The van der Waals surface area contributed by atoms with Gasteiger partial charge in [0.15, 0.2) is 0 Å². The fraction of sp³-hybridized carbons (Fsp3) is 0.333. The van der Waals surface area contributed by atoms with E-state index in [2.05, 4.69) is 29.0 Å². The van der Waals surface area contributed by atoms with Gasteiger partial charge in [0, 0.05) is 18.3 Å². The second-order valence-electron chi connectivity index (χ2n) is 5.19. The lowest BCUT2D eigenvalue weighted by Crippen LogP contribution is -2.28. The molecule has 0 spiro atoms. The minimum atomic E-state index is -0.251. The maximum atomic E-state index is 12.3. The van der Waals surface area contributed by atoms with Gasteiger partial charge in [-0.15, -0.1) is 0 Å². The Hall–Kier alpha value is -2.11. The van der Waals surface area contributed by atoms with Crippen LogP contribution in [0.15, 0.2) is 42.6 Å². The topological polar surface area (TPSA) is 54.5 Å². The molecule has 1 amide bonds. The number of likely N-dealkylation sites (N-methyl/N-ethyl adjacent to an activating group) is 1. The zero-order valence-electron chi connectivity index (χ0n) is 14.0. The average molecular weight is 348 g/mol. The summed E-state index contributed by atoms with van der Waals surface area (Å²) in [5.74, 6) is 0.400. The Balaban J connectivity index is 2.02. The molecule has 1 aromatic carbocycles. The van der Waals surface area contributed by atoms with Gasteiger partial charge >= 0.3 is 0 Å². The van der Waals surface area contributed by atoms with Gasteiger partial charge in [0.1, 0.15) is 17.5 Å². The molecule has 0 saturated heterocycles. The monoisotopic (exact) mass is 347 g/mol. The molecule has 0 unspecified atom stereocenters. The molecule has 6 heteroatoms. The summed E-state index contributed by atoms with van der Waals surface area (Å²) >= 11 is 5.83. The van der Waals surface area contributed by atoms with Crippen LogP contribution in [-0.4, -0.2) is 42.0 Å². The summed E-state index contributed by atoms with van der Waals surface area (Å²) in [6.45, 7) is 7.63. The minimum Gasteiger partial charge on any atom is -0.490 e. The van der Waals surface area contributed by atoms with Crippen LogP contribution in [0.4, 0.5) is 5.69 Å². The van der Waals surface area contributed by atoms with Crippen molar-refractivity contribution in [2.24, 2.45) is 0 Å². The molecule has 0 fully saturated rings. The largest absolute Gasteiger partial charge is 0.490 e. The Labute approximate surface area is 147 Å². The first-order valence-corrected chi connectivity index (χ1v) is 8.39. The summed E-state index contributed by atoms with van der Waals surface area (Å²) in [6, 6.07) is 10.5. The number of benzene rings is 1. The Bertz CT molecular complexity index is 675.